The minimum atomic E-state index is -0.266. The Morgan fingerprint density at radius 1 is 1.03 bits per heavy atom. The Morgan fingerprint density at radius 3 is 2.58 bits per heavy atom. The van der Waals surface area contributed by atoms with Crippen molar-refractivity contribution in [3.8, 4) is 11.5 Å². The first kappa shape index (κ1) is 21.1. The van der Waals surface area contributed by atoms with E-state index in [4.69, 9.17) is 9.47 Å². The van der Waals surface area contributed by atoms with Crippen LogP contribution in [0.1, 0.15) is 30.7 Å². The maximum absolute atomic E-state index is 13.1. The number of hydrogen-bond donors (Lipinski definition) is 1. The van der Waals surface area contributed by atoms with Crippen LogP contribution in [0.2, 0.25) is 0 Å². The van der Waals surface area contributed by atoms with Crippen LogP contribution in [0.4, 0.5) is 16.0 Å². The van der Waals surface area contributed by atoms with Crippen LogP contribution >= 0.6 is 0 Å². The minimum Gasteiger partial charge on any atom is -0.490 e. The third kappa shape index (κ3) is 5.30. The van der Waals surface area contributed by atoms with Crippen molar-refractivity contribution in [2.75, 3.05) is 25.1 Å². The fourth-order valence-corrected chi connectivity index (χ4v) is 3.68. The molecule has 0 radical (unpaired) electrons. The van der Waals surface area contributed by atoms with Gasteiger partial charge in [0.25, 0.3) is 0 Å². The predicted octanol–water partition coefficient (Wildman–Crippen LogP) is 4.72. The molecule has 2 aromatic carbocycles. The van der Waals surface area contributed by atoms with Gasteiger partial charge in [-0.2, -0.15) is 0 Å². The number of rotatable bonds is 8. The molecule has 0 unspecified atom stereocenters. The Labute approximate surface area is 182 Å². The molecule has 1 aliphatic heterocycles. The van der Waals surface area contributed by atoms with Crippen molar-refractivity contribution in [2.45, 2.75) is 33.4 Å². The predicted molar refractivity (Wildman–Crippen MR) is 118 cm³/mol. The van der Waals surface area contributed by atoms with Gasteiger partial charge in [0.15, 0.2) is 11.5 Å². The highest BCUT2D eigenvalue weighted by Gasteiger charge is 2.19. The van der Waals surface area contributed by atoms with E-state index in [1.807, 2.05) is 26.1 Å². The summed E-state index contributed by atoms with van der Waals surface area (Å²) >= 11 is 0. The Balaban J connectivity index is 1.42. The number of nitrogens with zero attached hydrogens (tertiary/aromatic N) is 3. The van der Waals surface area contributed by atoms with Gasteiger partial charge in [-0.1, -0.05) is 6.07 Å². The summed E-state index contributed by atoms with van der Waals surface area (Å²) in [6.45, 7) is 7.69. The maximum Gasteiger partial charge on any atom is 0.227 e. The number of aromatic nitrogens is 2. The van der Waals surface area contributed by atoms with Crippen LogP contribution in [0.25, 0.3) is 0 Å². The van der Waals surface area contributed by atoms with E-state index in [9.17, 15) is 4.39 Å². The van der Waals surface area contributed by atoms with E-state index in [0.717, 1.165) is 54.5 Å². The van der Waals surface area contributed by atoms with Crippen molar-refractivity contribution < 1.29 is 13.9 Å². The van der Waals surface area contributed by atoms with Gasteiger partial charge in [-0.05, 0) is 55.8 Å². The van der Waals surface area contributed by atoms with Crippen molar-refractivity contribution >= 4 is 11.6 Å². The summed E-state index contributed by atoms with van der Waals surface area (Å²) in [5.74, 6) is 1.84. The number of fused-ring (bicyclic) bond motifs is 1. The first-order chi connectivity index (χ1) is 15.1. The lowest BCUT2D eigenvalue weighted by atomic mass is 10.1. The summed E-state index contributed by atoms with van der Waals surface area (Å²) in [4.78, 5) is 11.5. The van der Waals surface area contributed by atoms with E-state index in [0.29, 0.717) is 19.2 Å². The Kier molecular flexibility index (Phi) is 6.62. The highest BCUT2D eigenvalue weighted by atomic mass is 19.1. The molecule has 0 atom stereocenters. The van der Waals surface area contributed by atoms with Gasteiger partial charge in [0.1, 0.15) is 5.82 Å². The van der Waals surface area contributed by atoms with E-state index in [1.54, 1.807) is 12.1 Å². The lowest BCUT2D eigenvalue weighted by Crippen LogP contribution is -2.31. The normalized spacial score (nSPS) is 13.5. The Hall–Kier alpha value is -3.19. The fraction of sp³-hybridized carbons (Fsp3) is 0.333. The van der Waals surface area contributed by atoms with Crippen LogP contribution in [-0.4, -0.2) is 34.6 Å². The summed E-state index contributed by atoms with van der Waals surface area (Å²) in [5.41, 5.74) is 4.13. The van der Waals surface area contributed by atoms with Gasteiger partial charge < -0.3 is 14.8 Å². The number of ether oxygens (including phenoxy) is 2. The Bertz CT molecular complexity index is 1030. The molecular weight excluding hydrogens is 395 g/mol. The highest BCUT2D eigenvalue weighted by Crippen LogP contribution is 2.30. The SMILES string of the molecule is CCOc1ccc(CN2CCc3nc(Nc4ccc(F)cc4)ncc3C2)cc1OCC. The monoisotopic (exact) mass is 422 g/mol. The molecule has 1 aliphatic rings. The number of halogens is 1. The van der Waals surface area contributed by atoms with Gasteiger partial charge in [0.05, 0.1) is 18.9 Å². The molecule has 3 aromatic rings. The second-order valence-electron chi connectivity index (χ2n) is 7.41. The van der Waals surface area contributed by atoms with Crippen LogP contribution < -0.4 is 14.8 Å². The lowest BCUT2D eigenvalue weighted by Gasteiger charge is -2.28. The zero-order valence-corrected chi connectivity index (χ0v) is 17.9. The summed E-state index contributed by atoms with van der Waals surface area (Å²) in [6, 6.07) is 12.3. The van der Waals surface area contributed by atoms with E-state index in [-0.39, 0.29) is 5.82 Å². The molecule has 0 amide bonds. The second-order valence-corrected chi connectivity index (χ2v) is 7.41. The summed E-state index contributed by atoms with van der Waals surface area (Å²) < 4.78 is 24.5. The number of nitrogens with one attached hydrogen (secondary N) is 1. The maximum atomic E-state index is 13.1. The summed E-state index contributed by atoms with van der Waals surface area (Å²) in [6.07, 6.45) is 2.73. The minimum absolute atomic E-state index is 0.266. The average molecular weight is 423 g/mol. The van der Waals surface area contributed by atoms with Crippen LogP contribution in [0.5, 0.6) is 11.5 Å². The molecule has 0 aliphatic carbocycles. The molecular formula is C24H27FN4O2. The summed E-state index contributed by atoms with van der Waals surface area (Å²) in [7, 11) is 0. The number of hydrogen-bond acceptors (Lipinski definition) is 6. The van der Waals surface area contributed by atoms with Gasteiger partial charge >= 0.3 is 0 Å². The quantitative estimate of drug-likeness (QED) is 0.567. The van der Waals surface area contributed by atoms with Crippen molar-refractivity contribution in [1.82, 2.24) is 14.9 Å². The van der Waals surface area contributed by atoms with Crippen LogP contribution in [0.3, 0.4) is 0 Å². The highest BCUT2D eigenvalue weighted by molar-refractivity contribution is 5.53. The fourth-order valence-electron chi connectivity index (χ4n) is 3.68. The zero-order valence-electron chi connectivity index (χ0n) is 17.9. The smallest absolute Gasteiger partial charge is 0.227 e. The van der Waals surface area contributed by atoms with E-state index in [2.05, 4.69) is 32.3 Å². The number of benzene rings is 2. The molecule has 0 saturated heterocycles. The first-order valence-electron chi connectivity index (χ1n) is 10.6. The third-order valence-corrected chi connectivity index (χ3v) is 5.13. The third-order valence-electron chi connectivity index (χ3n) is 5.13. The van der Waals surface area contributed by atoms with Gasteiger partial charge in [0.2, 0.25) is 5.95 Å². The average Bonchev–Trinajstić information content (AvgIpc) is 2.77. The molecule has 162 valence electrons. The van der Waals surface area contributed by atoms with Crippen LogP contribution in [0, 0.1) is 5.82 Å². The molecule has 0 bridgehead atoms. The molecule has 4 rings (SSSR count). The topological polar surface area (TPSA) is 59.5 Å². The zero-order chi connectivity index (χ0) is 21.6. The van der Waals surface area contributed by atoms with E-state index in [1.165, 1.54) is 17.7 Å². The summed E-state index contributed by atoms with van der Waals surface area (Å²) in [5, 5.41) is 3.14. The van der Waals surface area contributed by atoms with Crippen molar-refractivity contribution in [3.05, 3.63) is 71.3 Å². The molecule has 31 heavy (non-hydrogen) atoms. The molecule has 6 nitrogen and oxygen atoms in total. The largest absolute Gasteiger partial charge is 0.490 e. The molecule has 0 fully saturated rings. The van der Waals surface area contributed by atoms with Crippen LogP contribution in [0.15, 0.2) is 48.7 Å². The lowest BCUT2D eigenvalue weighted by molar-refractivity contribution is 0.241. The first-order valence-corrected chi connectivity index (χ1v) is 10.6. The Morgan fingerprint density at radius 2 is 1.81 bits per heavy atom. The van der Waals surface area contributed by atoms with Gasteiger partial charge in [-0.15, -0.1) is 0 Å². The molecule has 0 spiro atoms. The van der Waals surface area contributed by atoms with E-state index >= 15 is 0 Å². The molecule has 1 N–H and O–H groups in total. The molecule has 7 heteroatoms. The van der Waals surface area contributed by atoms with Gasteiger partial charge in [-0.25, -0.2) is 14.4 Å². The van der Waals surface area contributed by atoms with Crippen LogP contribution in [-0.2, 0) is 19.5 Å². The van der Waals surface area contributed by atoms with Crippen molar-refractivity contribution in [1.29, 1.82) is 0 Å². The molecule has 0 saturated carbocycles. The number of anilines is 2. The van der Waals surface area contributed by atoms with Crippen molar-refractivity contribution in [2.24, 2.45) is 0 Å². The van der Waals surface area contributed by atoms with Gasteiger partial charge in [0, 0.05) is 43.5 Å². The second kappa shape index (κ2) is 9.75. The van der Waals surface area contributed by atoms with Gasteiger partial charge in [-0.3, -0.25) is 4.90 Å². The molecule has 2 heterocycles. The standard InChI is InChI=1S/C24H27FN4O2/c1-3-30-22-10-5-17(13-23(22)31-4-2)15-29-12-11-21-18(16-29)14-26-24(28-21)27-20-8-6-19(25)7-9-20/h5-10,13-14H,3-4,11-12,15-16H2,1-2H3,(H,26,27,28). The molecule has 1 aromatic heterocycles. The van der Waals surface area contributed by atoms with E-state index < -0.39 is 0 Å². The van der Waals surface area contributed by atoms with Crippen molar-refractivity contribution in [3.63, 3.8) is 0 Å².